The number of hydrogen-bond donors (Lipinski definition) is 0. The SMILES string of the molecule is ClCCC#Cc1c(OCCC2CC2)ccc2ccccc12. The highest BCUT2D eigenvalue weighted by molar-refractivity contribution is 6.18. The molecule has 3 rings (SSSR count). The molecule has 0 N–H and O–H groups in total. The summed E-state index contributed by atoms with van der Waals surface area (Å²) in [5, 5.41) is 2.35. The van der Waals surface area contributed by atoms with Crippen LogP contribution in [0, 0.1) is 17.8 Å². The molecule has 0 heterocycles. The molecule has 0 spiro atoms. The zero-order valence-corrected chi connectivity index (χ0v) is 12.8. The maximum absolute atomic E-state index is 5.99. The van der Waals surface area contributed by atoms with Gasteiger partial charge < -0.3 is 4.74 Å². The van der Waals surface area contributed by atoms with E-state index in [-0.39, 0.29) is 0 Å². The number of halogens is 1. The fourth-order valence-corrected chi connectivity index (χ4v) is 2.54. The minimum Gasteiger partial charge on any atom is -0.492 e. The topological polar surface area (TPSA) is 9.23 Å². The Morgan fingerprint density at radius 1 is 1.14 bits per heavy atom. The lowest BCUT2D eigenvalue weighted by molar-refractivity contribution is 0.302. The summed E-state index contributed by atoms with van der Waals surface area (Å²) >= 11 is 5.72. The van der Waals surface area contributed by atoms with Crippen LogP contribution in [0.3, 0.4) is 0 Å². The van der Waals surface area contributed by atoms with E-state index in [2.05, 4.69) is 30.0 Å². The van der Waals surface area contributed by atoms with Gasteiger partial charge in [0, 0.05) is 17.7 Å². The van der Waals surface area contributed by atoms with Crippen LogP contribution in [-0.2, 0) is 0 Å². The standard InChI is InChI=1S/C19H19ClO/c20-13-4-3-7-18-17-6-2-1-5-16(17)10-11-19(18)21-14-12-15-8-9-15/h1-2,5-6,10-11,15H,4,8-9,12-14H2. The van der Waals surface area contributed by atoms with Crippen molar-refractivity contribution in [2.45, 2.75) is 25.7 Å². The minimum atomic E-state index is 0.565. The van der Waals surface area contributed by atoms with Gasteiger partial charge in [-0.25, -0.2) is 0 Å². The second kappa shape index (κ2) is 6.87. The monoisotopic (exact) mass is 298 g/mol. The Balaban J connectivity index is 1.89. The zero-order chi connectivity index (χ0) is 14.5. The summed E-state index contributed by atoms with van der Waals surface area (Å²) in [6, 6.07) is 12.5. The Morgan fingerprint density at radius 2 is 2.00 bits per heavy atom. The summed E-state index contributed by atoms with van der Waals surface area (Å²) in [5.41, 5.74) is 0.994. The highest BCUT2D eigenvalue weighted by Crippen LogP contribution is 2.33. The molecule has 1 aliphatic rings. The second-order valence-electron chi connectivity index (χ2n) is 5.48. The van der Waals surface area contributed by atoms with E-state index in [9.17, 15) is 0 Å². The van der Waals surface area contributed by atoms with Crippen LogP contribution in [0.1, 0.15) is 31.2 Å². The molecular weight excluding hydrogens is 280 g/mol. The van der Waals surface area contributed by atoms with Crippen LogP contribution in [0.25, 0.3) is 10.8 Å². The van der Waals surface area contributed by atoms with Gasteiger partial charge in [0.25, 0.3) is 0 Å². The van der Waals surface area contributed by atoms with Crippen LogP contribution >= 0.6 is 11.6 Å². The molecule has 1 nitrogen and oxygen atoms in total. The third-order valence-corrected chi connectivity index (χ3v) is 3.99. The minimum absolute atomic E-state index is 0.565. The lowest BCUT2D eigenvalue weighted by Crippen LogP contribution is -2.00. The van der Waals surface area contributed by atoms with E-state index in [0.29, 0.717) is 12.3 Å². The van der Waals surface area contributed by atoms with E-state index in [4.69, 9.17) is 16.3 Å². The molecule has 0 aromatic heterocycles. The van der Waals surface area contributed by atoms with E-state index in [1.54, 1.807) is 0 Å². The fraction of sp³-hybridized carbons (Fsp3) is 0.368. The molecule has 108 valence electrons. The maximum atomic E-state index is 5.99. The number of benzene rings is 2. The van der Waals surface area contributed by atoms with E-state index < -0.39 is 0 Å². The maximum Gasteiger partial charge on any atom is 0.135 e. The van der Waals surface area contributed by atoms with E-state index in [1.807, 2.05) is 18.2 Å². The van der Waals surface area contributed by atoms with Gasteiger partial charge in [-0.15, -0.1) is 11.6 Å². The Kier molecular flexibility index (Phi) is 4.68. The lowest BCUT2D eigenvalue weighted by atomic mass is 10.0. The lowest BCUT2D eigenvalue weighted by Gasteiger charge is -2.10. The van der Waals surface area contributed by atoms with E-state index in [1.165, 1.54) is 18.2 Å². The molecule has 0 unspecified atom stereocenters. The van der Waals surface area contributed by atoms with Gasteiger partial charge in [-0.05, 0) is 23.8 Å². The molecular formula is C19H19ClO. The smallest absolute Gasteiger partial charge is 0.135 e. The first kappa shape index (κ1) is 14.3. The van der Waals surface area contributed by atoms with Crippen molar-refractivity contribution in [2.75, 3.05) is 12.5 Å². The molecule has 2 aromatic rings. The molecule has 0 radical (unpaired) electrons. The summed E-state index contributed by atoms with van der Waals surface area (Å²) in [6.07, 6.45) is 4.58. The van der Waals surface area contributed by atoms with Crippen molar-refractivity contribution in [3.63, 3.8) is 0 Å². The van der Waals surface area contributed by atoms with Crippen LogP contribution in [0.15, 0.2) is 36.4 Å². The highest BCUT2D eigenvalue weighted by atomic mass is 35.5. The van der Waals surface area contributed by atoms with Gasteiger partial charge in [0.15, 0.2) is 0 Å². The molecule has 2 aromatic carbocycles. The summed E-state index contributed by atoms with van der Waals surface area (Å²) in [7, 11) is 0. The summed E-state index contributed by atoms with van der Waals surface area (Å²) in [6.45, 7) is 0.785. The van der Waals surface area contributed by atoms with Crippen molar-refractivity contribution in [2.24, 2.45) is 5.92 Å². The first-order valence-electron chi connectivity index (χ1n) is 7.58. The molecule has 1 fully saturated rings. The van der Waals surface area contributed by atoms with Gasteiger partial charge in [0.05, 0.1) is 12.2 Å². The number of rotatable bonds is 5. The third-order valence-electron chi connectivity index (χ3n) is 3.80. The first-order chi connectivity index (χ1) is 10.4. The van der Waals surface area contributed by atoms with Crippen molar-refractivity contribution >= 4 is 22.4 Å². The second-order valence-corrected chi connectivity index (χ2v) is 5.86. The largest absolute Gasteiger partial charge is 0.492 e. The summed E-state index contributed by atoms with van der Waals surface area (Å²) in [4.78, 5) is 0. The molecule has 0 atom stereocenters. The summed E-state index contributed by atoms with van der Waals surface area (Å²) in [5.74, 6) is 8.73. The third kappa shape index (κ3) is 3.71. The van der Waals surface area contributed by atoms with Gasteiger partial charge in [0.2, 0.25) is 0 Å². The Bertz CT molecular complexity index is 677. The Hall–Kier alpha value is -1.65. The Morgan fingerprint density at radius 3 is 2.81 bits per heavy atom. The van der Waals surface area contributed by atoms with Crippen molar-refractivity contribution < 1.29 is 4.74 Å². The van der Waals surface area contributed by atoms with Crippen molar-refractivity contribution in [1.82, 2.24) is 0 Å². The predicted molar refractivity (Wildman–Crippen MR) is 89.0 cm³/mol. The van der Waals surface area contributed by atoms with Crippen molar-refractivity contribution in [1.29, 1.82) is 0 Å². The molecule has 0 amide bonds. The first-order valence-corrected chi connectivity index (χ1v) is 8.11. The molecule has 2 heteroatoms. The van der Waals surface area contributed by atoms with Gasteiger partial charge in [-0.3, -0.25) is 0 Å². The Labute approximate surface area is 131 Å². The average molecular weight is 299 g/mol. The molecule has 0 saturated heterocycles. The molecule has 0 aliphatic heterocycles. The van der Waals surface area contributed by atoms with Crippen molar-refractivity contribution in [3.8, 4) is 17.6 Å². The van der Waals surface area contributed by atoms with E-state index >= 15 is 0 Å². The quantitative estimate of drug-likeness (QED) is 0.557. The normalized spacial score (nSPS) is 13.8. The van der Waals surface area contributed by atoms with Gasteiger partial charge in [-0.1, -0.05) is 55.0 Å². The van der Waals surface area contributed by atoms with Crippen molar-refractivity contribution in [3.05, 3.63) is 42.0 Å². The number of alkyl halides is 1. The summed E-state index contributed by atoms with van der Waals surface area (Å²) < 4.78 is 5.99. The predicted octanol–water partition coefficient (Wildman–Crippen LogP) is 5.00. The number of ether oxygens (including phenoxy) is 1. The molecule has 0 bridgehead atoms. The van der Waals surface area contributed by atoms with Crippen LogP contribution in [-0.4, -0.2) is 12.5 Å². The van der Waals surface area contributed by atoms with Crippen LogP contribution in [0.2, 0.25) is 0 Å². The van der Waals surface area contributed by atoms with Gasteiger partial charge in [0.1, 0.15) is 5.75 Å². The van der Waals surface area contributed by atoms with Gasteiger partial charge >= 0.3 is 0 Å². The van der Waals surface area contributed by atoms with Crippen LogP contribution in [0.5, 0.6) is 5.75 Å². The highest BCUT2D eigenvalue weighted by Gasteiger charge is 2.20. The molecule has 1 saturated carbocycles. The average Bonchev–Trinajstić information content (AvgIpc) is 3.33. The number of hydrogen-bond acceptors (Lipinski definition) is 1. The van der Waals surface area contributed by atoms with Gasteiger partial charge in [-0.2, -0.15) is 0 Å². The fourth-order valence-electron chi connectivity index (χ4n) is 2.44. The number of fused-ring (bicyclic) bond motifs is 1. The van der Waals surface area contributed by atoms with E-state index in [0.717, 1.165) is 35.6 Å². The molecule has 1 aliphatic carbocycles. The van der Waals surface area contributed by atoms with Crippen LogP contribution in [0.4, 0.5) is 0 Å². The zero-order valence-electron chi connectivity index (χ0n) is 12.1. The molecule has 21 heavy (non-hydrogen) atoms. The van der Waals surface area contributed by atoms with Crippen LogP contribution < -0.4 is 4.74 Å².